The van der Waals surface area contributed by atoms with E-state index in [0.29, 0.717) is 0 Å². The molecular weight excluding hydrogens is 474 g/mol. The fraction of sp³-hybridized carbons (Fsp3) is 0. The molecular formula is C36H27N3. The predicted octanol–water partition coefficient (Wildman–Crippen LogP) is 10.1. The van der Waals surface area contributed by atoms with Crippen LogP contribution in [0.4, 0.5) is 22.7 Å². The summed E-state index contributed by atoms with van der Waals surface area (Å²) >= 11 is 0. The minimum absolute atomic E-state index is 1.08. The third-order valence-corrected chi connectivity index (χ3v) is 7.16. The standard InChI is InChI=1S/C36H27N3/c1-3-7-29(8-4-1)37-31-17-11-25(12-18-31)27-15-21-35-33(23-27)34-24-28(16-22-36(34)39-35)26-13-19-32(20-14-26)38-30-9-5-2-6-10-30/h1-24,37-39H. The summed E-state index contributed by atoms with van der Waals surface area (Å²) in [5.41, 5.74) is 11.4. The monoisotopic (exact) mass is 501 g/mol. The van der Waals surface area contributed by atoms with Gasteiger partial charge in [-0.3, -0.25) is 0 Å². The van der Waals surface area contributed by atoms with E-state index >= 15 is 0 Å². The minimum Gasteiger partial charge on any atom is -0.356 e. The van der Waals surface area contributed by atoms with E-state index in [1.807, 2.05) is 36.4 Å². The Morgan fingerprint density at radius 3 is 1.10 bits per heavy atom. The summed E-state index contributed by atoms with van der Waals surface area (Å²) in [4.78, 5) is 3.59. The fourth-order valence-corrected chi connectivity index (χ4v) is 5.12. The average molecular weight is 502 g/mol. The summed E-state index contributed by atoms with van der Waals surface area (Å²) in [6.07, 6.45) is 0. The van der Waals surface area contributed by atoms with Crippen molar-refractivity contribution in [2.24, 2.45) is 0 Å². The molecule has 0 aliphatic heterocycles. The van der Waals surface area contributed by atoms with Gasteiger partial charge in [-0.15, -0.1) is 0 Å². The number of H-pyrrole nitrogens is 1. The minimum atomic E-state index is 1.08. The van der Waals surface area contributed by atoms with Gasteiger partial charge in [0.2, 0.25) is 0 Å². The molecule has 39 heavy (non-hydrogen) atoms. The Hall–Kier alpha value is -5.28. The number of anilines is 4. The zero-order valence-electron chi connectivity index (χ0n) is 21.4. The first-order valence-corrected chi connectivity index (χ1v) is 13.2. The number of hydrogen-bond acceptors (Lipinski definition) is 2. The topological polar surface area (TPSA) is 39.9 Å². The van der Waals surface area contributed by atoms with Gasteiger partial charge in [0.25, 0.3) is 0 Å². The average Bonchev–Trinajstić information content (AvgIpc) is 3.36. The van der Waals surface area contributed by atoms with Crippen molar-refractivity contribution in [3.63, 3.8) is 0 Å². The molecule has 3 nitrogen and oxygen atoms in total. The molecule has 186 valence electrons. The van der Waals surface area contributed by atoms with E-state index in [1.54, 1.807) is 0 Å². The highest BCUT2D eigenvalue weighted by atomic mass is 14.9. The fourth-order valence-electron chi connectivity index (χ4n) is 5.12. The Morgan fingerprint density at radius 1 is 0.333 bits per heavy atom. The molecule has 0 aliphatic rings. The number of aromatic amines is 1. The van der Waals surface area contributed by atoms with Crippen LogP contribution in [0.5, 0.6) is 0 Å². The number of aromatic nitrogens is 1. The zero-order valence-corrected chi connectivity index (χ0v) is 21.4. The van der Waals surface area contributed by atoms with Crippen LogP contribution in [-0.4, -0.2) is 4.98 Å². The lowest BCUT2D eigenvalue weighted by atomic mass is 10.00. The van der Waals surface area contributed by atoms with E-state index in [1.165, 1.54) is 33.0 Å². The number of fused-ring (bicyclic) bond motifs is 3. The van der Waals surface area contributed by atoms with Crippen molar-refractivity contribution < 1.29 is 0 Å². The van der Waals surface area contributed by atoms with Gasteiger partial charge >= 0.3 is 0 Å². The maximum absolute atomic E-state index is 3.59. The lowest BCUT2D eigenvalue weighted by Gasteiger charge is -2.08. The van der Waals surface area contributed by atoms with Crippen LogP contribution in [0.15, 0.2) is 146 Å². The Kier molecular flexibility index (Phi) is 5.80. The predicted molar refractivity (Wildman–Crippen MR) is 166 cm³/mol. The summed E-state index contributed by atoms with van der Waals surface area (Å²) in [5.74, 6) is 0. The maximum Gasteiger partial charge on any atom is 0.0465 e. The second-order valence-corrected chi connectivity index (χ2v) is 9.78. The van der Waals surface area contributed by atoms with E-state index in [4.69, 9.17) is 0 Å². The molecule has 3 N–H and O–H groups in total. The van der Waals surface area contributed by atoms with Gasteiger partial charge in [-0.1, -0.05) is 72.8 Å². The smallest absolute Gasteiger partial charge is 0.0465 e. The van der Waals surface area contributed by atoms with Crippen LogP contribution in [0.3, 0.4) is 0 Å². The van der Waals surface area contributed by atoms with E-state index < -0.39 is 0 Å². The van der Waals surface area contributed by atoms with Gasteiger partial charge in [-0.25, -0.2) is 0 Å². The van der Waals surface area contributed by atoms with Gasteiger partial charge in [0.15, 0.2) is 0 Å². The Morgan fingerprint density at radius 2 is 0.692 bits per heavy atom. The number of para-hydroxylation sites is 2. The molecule has 0 saturated carbocycles. The van der Waals surface area contributed by atoms with Gasteiger partial charge in [-0.05, 0) is 95.1 Å². The lowest BCUT2D eigenvalue weighted by Crippen LogP contribution is -1.89. The molecule has 0 saturated heterocycles. The third-order valence-electron chi connectivity index (χ3n) is 7.16. The van der Waals surface area contributed by atoms with Crippen LogP contribution in [0.1, 0.15) is 0 Å². The highest BCUT2D eigenvalue weighted by molar-refractivity contribution is 6.09. The number of nitrogens with one attached hydrogen (secondary N) is 3. The van der Waals surface area contributed by atoms with Crippen LogP contribution in [0.25, 0.3) is 44.1 Å². The van der Waals surface area contributed by atoms with Gasteiger partial charge in [-0.2, -0.15) is 0 Å². The molecule has 0 bridgehead atoms. The Balaban J connectivity index is 1.17. The van der Waals surface area contributed by atoms with Crippen molar-refractivity contribution in [3.8, 4) is 22.3 Å². The van der Waals surface area contributed by atoms with Crippen LogP contribution in [-0.2, 0) is 0 Å². The second-order valence-electron chi connectivity index (χ2n) is 9.78. The molecule has 1 heterocycles. The summed E-state index contributed by atoms with van der Waals surface area (Å²) in [5, 5.41) is 9.39. The highest BCUT2D eigenvalue weighted by Crippen LogP contribution is 2.34. The van der Waals surface area contributed by atoms with E-state index in [2.05, 4.69) is 125 Å². The first kappa shape index (κ1) is 22.9. The molecule has 0 unspecified atom stereocenters. The molecule has 0 amide bonds. The van der Waals surface area contributed by atoms with E-state index in [-0.39, 0.29) is 0 Å². The van der Waals surface area contributed by atoms with E-state index in [9.17, 15) is 0 Å². The van der Waals surface area contributed by atoms with Gasteiger partial charge in [0.05, 0.1) is 0 Å². The molecule has 7 rings (SSSR count). The molecule has 6 aromatic carbocycles. The first-order valence-electron chi connectivity index (χ1n) is 13.2. The normalized spacial score (nSPS) is 11.1. The maximum atomic E-state index is 3.59. The van der Waals surface area contributed by atoms with Crippen molar-refractivity contribution in [3.05, 3.63) is 146 Å². The quantitative estimate of drug-likeness (QED) is 0.212. The first-order chi connectivity index (χ1) is 19.3. The molecule has 0 fully saturated rings. The number of benzene rings is 6. The van der Waals surface area contributed by atoms with Crippen LogP contribution in [0.2, 0.25) is 0 Å². The van der Waals surface area contributed by atoms with Crippen LogP contribution in [0, 0.1) is 0 Å². The Labute approximate surface area is 227 Å². The SMILES string of the molecule is c1ccc(Nc2ccc(-c3ccc4[nH]c5ccc(-c6ccc(Nc7ccccc7)cc6)cc5c4c3)cc2)cc1. The summed E-state index contributed by atoms with van der Waals surface area (Å²) in [6.45, 7) is 0. The molecule has 0 atom stereocenters. The second kappa shape index (κ2) is 9.88. The summed E-state index contributed by atoms with van der Waals surface area (Å²) in [7, 11) is 0. The van der Waals surface area contributed by atoms with Crippen molar-refractivity contribution in [2.45, 2.75) is 0 Å². The highest BCUT2D eigenvalue weighted by Gasteiger charge is 2.09. The van der Waals surface area contributed by atoms with Crippen molar-refractivity contribution in [2.75, 3.05) is 10.6 Å². The van der Waals surface area contributed by atoms with E-state index in [0.717, 1.165) is 33.8 Å². The molecule has 1 aromatic heterocycles. The van der Waals surface area contributed by atoms with Crippen molar-refractivity contribution >= 4 is 44.6 Å². The number of rotatable bonds is 6. The van der Waals surface area contributed by atoms with Crippen LogP contribution >= 0.6 is 0 Å². The third kappa shape index (κ3) is 4.74. The van der Waals surface area contributed by atoms with Crippen molar-refractivity contribution in [1.82, 2.24) is 4.98 Å². The zero-order chi connectivity index (χ0) is 26.0. The molecule has 0 aliphatic carbocycles. The van der Waals surface area contributed by atoms with Crippen molar-refractivity contribution in [1.29, 1.82) is 0 Å². The molecule has 3 heteroatoms. The molecule has 7 aromatic rings. The van der Waals surface area contributed by atoms with Gasteiger partial charge < -0.3 is 15.6 Å². The van der Waals surface area contributed by atoms with Gasteiger partial charge in [0, 0.05) is 44.6 Å². The molecule has 0 radical (unpaired) electrons. The van der Waals surface area contributed by atoms with Gasteiger partial charge in [0.1, 0.15) is 0 Å². The summed E-state index contributed by atoms with van der Waals surface area (Å²) < 4.78 is 0. The van der Waals surface area contributed by atoms with Crippen LogP contribution < -0.4 is 10.6 Å². The largest absolute Gasteiger partial charge is 0.356 e. The number of hydrogen-bond donors (Lipinski definition) is 3. The molecule has 0 spiro atoms. The Bertz CT molecular complexity index is 1730. The summed E-state index contributed by atoms with van der Waals surface area (Å²) in [6, 6.07) is 51.1. The lowest BCUT2D eigenvalue weighted by molar-refractivity contribution is 1.53.